The van der Waals surface area contributed by atoms with Crippen LogP contribution in [0.5, 0.6) is 5.75 Å². The molecule has 0 saturated carbocycles. The molecule has 0 heterocycles. The summed E-state index contributed by atoms with van der Waals surface area (Å²) in [4.78, 5) is 0.166. The monoisotopic (exact) mass is 485 g/mol. The van der Waals surface area contributed by atoms with Gasteiger partial charge in [0.05, 0.1) is 0 Å². The van der Waals surface area contributed by atoms with Crippen LogP contribution in [0.4, 0.5) is 0 Å². The molecule has 3 radical (unpaired) electrons. The first-order valence-electron chi connectivity index (χ1n) is 5.97. The first-order valence-corrected chi connectivity index (χ1v) is 7.38. The molecule has 105 valence electrons. The average molecular weight is 485 g/mol. The van der Waals surface area contributed by atoms with Gasteiger partial charge in [0.15, 0.2) is 0 Å². The third-order valence-electron chi connectivity index (χ3n) is 3.06. The van der Waals surface area contributed by atoms with Crippen molar-refractivity contribution in [3.05, 3.63) is 59.2 Å². The van der Waals surface area contributed by atoms with Crippen molar-refractivity contribution in [3.63, 3.8) is 0 Å². The summed E-state index contributed by atoms with van der Waals surface area (Å²) in [7, 11) is -3.77. The number of hydrogen-bond donors (Lipinski definition) is 0. The standard InChI is InChI=1S/C15H16O3S.Bi/c1-11-7-9-14(10-8-11)19(16,17)18-15-6-4-5-12(2)13(15)3;/h4-10H,1-3H3;. The Kier molecular flexibility index (Phi) is 5.72. The van der Waals surface area contributed by atoms with Gasteiger partial charge in [0.1, 0.15) is 10.6 Å². The Labute approximate surface area is 139 Å². The molecule has 0 saturated heterocycles. The predicted molar refractivity (Wildman–Crippen MR) is 80.7 cm³/mol. The molecule has 0 fully saturated rings. The van der Waals surface area contributed by atoms with Crippen molar-refractivity contribution in [1.29, 1.82) is 0 Å². The van der Waals surface area contributed by atoms with Crippen LogP contribution in [0.1, 0.15) is 16.7 Å². The molecule has 0 atom stereocenters. The van der Waals surface area contributed by atoms with Gasteiger partial charge in [-0.2, -0.15) is 8.42 Å². The Morgan fingerprint density at radius 2 is 1.50 bits per heavy atom. The third kappa shape index (κ3) is 3.80. The van der Waals surface area contributed by atoms with Crippen LogP contribution in [0.15, 0.2) is 47.4 Å². The molecule has 3 nitrogen and oxygen atoms in total. The molecule has 0 aromatic heterocycles. The summed E-state index contributed by atoms with van der Waals surface area (Å²) in [5.74, 6) is 0.376. The topological polar surface area (TPSA) is 43.4 Å². The molecule has 0 aliphatic heterocycles. The van der Waals surface area contributed by atoms with Gasteiger partial charge < -0.3 is 4.18 Å². The largest absolute Gasteiger partial charge is 0.379 e. The number of rotatable bonds is 3. The maximum absolute atomic E-state index is 12.2. The van der Waals surface area contributed by atoms with E-state index < -0.39 is 10.1 Å². The zero-order valence-electron chi connectivity index (χ0n) is 11.6. The van der Waals surface area contributed by atoms with E-state index in [0.29, 0.717) is 5.75 Å². The van der Waals surface area contributed by atoms with Gasteiger partial charge >= 0.3 is 10.1 Å². The molecule has 0 aliphatic rings. The van der Waals surface area contributed by atoms with Crippen LogP contribution >= 0.6 is 0 Å². The molecule has 0 amide bonds. The van der Waals surface area contributed by atoms with Gasteiger partial charge in [-0.3, -0.25) is 0 Å². The Morgan fingerprint density at radius 1 is 0.900 bits per heavy atom. The van der Waals surface area contributed by atoms with Crippen molar-refractivity contribution >= 4 is 36.3 Å². The van der Waals surface area contributed by atoms with Crippen LogP contribution in [0.3, 0.4) is 0 Å². The van der Waals surface area contributed by atoms with E-state index in [0.717, 1.165) is 16.7 Å². The van der Waals surface area contributed by atoms with Gasteiger partial charge in [-0.25, -0.2) is 0 Å². The normalized spacial score (nSPS) is 10.8. The fourth-order valence-corrected chi connectivity index (χ4v) is 2.67. The molecule has 0 bridgehead atoms. The number of benzene rings is 2. The summed E-state index contributed by atoms with van der Waals surface area (Å²) >= 11 is 0. The van der Waals surface area contributed by atoms with Crippen LogP contribution in [-0.2, 0) is 10.1 Å². The van der Waals surface area contributed by atoms with Gasteiger partial charge in [-0.05, 0) is 50.1 Å². The fourth-order valence-electron chi connectivity index (χ4n) is 1.69. The van der Waals surface area contributed by atoms with E-state index in [1.807, 2.05) is 26.8 Å². The molecular formula is C15H16BiO3S. The van der Waals surface area contributed by atoms with E-state index in [1.54, 1.807) is 36.4 Å². The summed E-state index contributed by atoms with van der Waals surface area (Å²) in [6, 6.07) is 12.0. The zero-order valence-corrected chi connectivity index (χ0v) is 15.9. The summed E-state index contributed by atoms with van der Waals surface area (Å²) in [6.45, 7) is 5.66. The first-order chi connectivity index (χ1) is 8.90. The van der Waals surface area contributed by atoms with Gasteiger partial charge in [0, 0.05) is 26.2 Å². The fraction of sp³-hybridized carbons (Fsp3) is 0.200. The molecular weight excluding hydrogens is 469 g/mol. The van der Waals surface area contributed by atoms with E-state index >= 15 is 0 Å². The van der Waals surface area contributed by atoms with E-state index in [9.17, 15) is 8.42 Å². The second kappa shape index (κ2) is 6.68. The third-order valence-corrected chi connectivity index (χ3v) is 4.31. The van der Waals surface area contributed by atoms with E-state index in [2.05, 4.69) is 0 Å². The summed E-state index contributed by atoms with van der Waals surface area (Å²) in [5, 5.41) is 0. The van der Waals surface area contributed by atoms with Crippen molar-refractivity contribution in [2.45, 2.75) is 25.7 Å². The Balaban J connectivity index is 0.00000200. The van der Waals surface area contributed by atoms with Crippen LogP contribution < -0.4 is 4.18 Å². The minimum absolute atomic E-state index is 0. The molecule has 2 aromatic rings. The first kappa shape index (κ1) is 17.1. The summed E-state index contributed by atoms with van der Waals surface area (Å²) in [6.07, 6.45) is 0. The zero-order chi connectivity index (χ0) is 14.0. The second-order valence-corrected chi connectivity index (χ2v) is 6.09. The van der Waals surface area contributed by atoms with E-state index in [-0.39, 0.29) is 31.1 Å². The molecule has 2 rings (SSSR count). The minimum atomic E-state index is -3.77. The van der Waals surface area contributed by atoms with Crippen LogP contribution in [-0.4, -0.2) is 34.6 Å². The van der Waals surface area contributed by atoms with Crippen LogP contribution in [0, 0.1) is 20.8 Å². The number of aryl methyl sites for hydroxylation is 2. The van der Waals surface area contributed by atoms with Gasteiger partial charge in [0.25, 0.3) is 0 Å². The molecule has 0 spiro atoms. The quantitative estimate of drug-likeness (QED) is 0.496. The smallest absolute Gasteiger partial charge is 0.339 e. The molecule has 0 aliphatic carbocycles. The Morgan fingerprint density at radius 3 is 2.10 bits per heavy atom. The van der Waals surface area contributed by atoms with Gasteiger partial charge in [-0.1, -0.05) is 29.8 Å². The predicted octanol–water partition coefficient (Wildman–Crippen LogP) is 3.00. The summed E-state index contributed by atoms with van der Waals surface area (Å²) < 4.78 is 29.5. The molecule has 5 heteroatoms. The Bertz CT molecular complexity index is 692. The average Bonchev–Trinajstić information content (AvgIpc) is 2.35. The van der Waals surface area contributed by atoms with Crippen molar-refractivity contribution < 1.29 is 12.6 Å². The Hall–Kier alpha value is -0.927. The van der Waals surface area contributed by atoms with E-state index in [4.69, 9.17) is 4.18 Å². The maximum atomic E-state index is 12.2. The molecule has 20 heavy (non-hydrogen) atoms. The van der Waals surface area contributed by atoms with Crippen LogP contribution in [0.2, 0.25) is 0 Å². The van der Waals surface area contributed by atoms with E-state index in [1.165, 1.54) is 0 Å². The number of hydrogen-bond acceptors (Lipinski definition) is 3. The SMILES string of the molecule is Cc1ccc(S(=O)(=O)Oc2cccc(C)c2C)cc1.[Bi]. The van der Waals surface area contributed by atoms with Crippen molar-refractivity contribution in [1.82, 2.24) is 0 Å². The van der Waals surface area contributed by atoms with Crippen LogP contribution in [0.25, 0.3) is 0 Å². The van der Waals surface area contributed by atoms with Crippen molar-refractivity contribution in [3.8, 4) is 5.75 Å². The van der Waals surface area contributed by atoms with Gasteiger partial charge in [-0.15, -0.1) is 0 Å². The van der Waals surface area contributed by atoms with Crippen molar-refractivity contribution in [2.75, 3.05) is 0 Å². The maximum Gasteiger partial charge on any atom is 0.339 e. The van der Waals surface area contributed by atoms with Gasteiger partial charge in [0.2, 0.25) is 0 Å². The summed E-state index contributed by atoms with van der Waals surface area (Å²) in [5.41, 5.74) is 2.83. The second-order valence-electron chi connectivity index (χ2n) is 4.55. The molecule has 0 unspecified atom stereocenters. The molecule has 2 aromatic carbocycles. The van der Waals surface area contributed by atoms with Crippen molar-refractivity contribution in [2.24, 2.45) is 0 Å². The molecule has 0 N–H and O–H groups in total. The minimum Gasteiger partial charge on any atom is -0.379 e.